The third-order valence-electron chi connectivity index (χ3n) is 3.22. The molecule has 6 nitrogen and oxygen atoms in total. The number of anilines is 1. The number of nitrogens with one attached hydrogen (secondary N) is 1. The quantitative estimate of drug-likeness (QED) is 0.498. The number of ketones is 1. The maximum atomic E-state index is 12.2. The first-order valence-electron chi connectivity index (χ1n) is 6.39. The molecule has 0 saturated heterocycles. The van der Waals surface area contributed by atoms with Gasteiger partial charge in [-0.2, -0.15) is 0 Å². The van der Waals surface area contributed by atoms with Crippen molar-refractivity contribution in [2.75, 3.05) is 11.0 Å². The van der Waals surface area contributed by atoms with Crippen LogP contribution in [0.1, 0.15) is 16.2 Å². The van der Waals surface area contributed by atoms with Crippen LogP contribution in [0.15, 0.2) is 36.7 Å². The Hall–Kier alpha value is -1.86. The molecule has 22 heavy (non-hydrogen) atoms. The van der Waals surface area contributed by atoms with E-state index in [1.807, 2.05) is 35.5 Å². The number of imidazole rings is 1. The molecule has 0 bridgehead atoms. The molecule has 0 fully saturated rings. The summed E-state index contributed by atoms with van der Waals surface area (Å²) in [7, 11) is -1.38. The van der Waals surface area contributed by atoms with Crippen LogP contribution < -0.4 is 21.7 Å². The highest BCUT2D eigenvalue weighted by molar-refractivity contribution is 7.92. The summed E-state index contributed by atoms with van der Waals surface area (Å²) in [6, 6.07) is 6.40. The van der Waals surface area contributed by atoms with Crippen molar-refractivity contribution in [1.82, 2.24) is 4.57 Å². The molecule has 2 aromatic rings. The predicted molar refractivity (Wildman–Crippen MR) is 79.6 cm³/mol. The molecule has 0 aliphatic heterocycles. The third kappa shape index (κ3) is 4.57. The Balaban J connectivity index is 0.00000242. The van der Waals surface area contributed by atoms with Gasteiger partial charge in [0.25, 0.3) is 5.82 Å². The lowest BCUT2D eigenvalue weighted by Gasteiger charge is -2.05. The first-order chi connectivity index (χ1) is 9.76. The van der Waals surface area contributed by atoms with Gasteiger partial charge in [0.2, 0.25) is 15.8 Å². The maximum Gasteiger partial charge on any atom is 0.253 e. The van der Waals surface area contributed by atoms with Crippen LogP contribution in [0.4, 0.5) is 5.69 Å². The molecule has 1 aromatic carbocycles. The van der Waals surface area contributed by atoms with Crippen LogP contribution >= 0.6 is 0 Å². The lowest BCUT2D eigenvalue weighted by Crippen LogP contribution is -3.00. The Morgan fingerprint density at radius 2 is 1.86 bits per heavy atom. The number of carbonyl (C=O) groups is 1. The molecule has 0 aliphatic carbocycles. The summed E-state index contributed by atoms with van der Waals surface area (Å²) in [6.45, 7) is 2.19. The highest BCUT2D eigenvalue weighted by atomic mass is 35.5. The summed E-state index contributed by atoms with van der Waals surface area (Å²) in [4.78, 5) is 12.2. The summed E-state index contributed by atoms with van der Waals surface area (Å²) in [5.74, 6) is 0.957. The van der Waals surface area contributed by atoms with Gasteiger partial charge in [-0.15, -0.1) is 0 Å². The van der Waals surface area contributed by atoms with Crippen LogP contribution in [-0.4, -0.2) is 25.0 Å². The number of hydrogen-bond donors (Lipinski definition) is 1. The van der Waals surface area contributed by atoms with Crippen molar-refractivity contribution in [2.45, 2.75) is 13.5 Å². The highest BCUT2D eigenvalue weighted by Gasteiger charge is 2.14. The monoisotopic (exact) mass is 343 g/mol. The van der Waals surface area contributed by atoms with Crippen LogP contribution in [0, 0.1) is 6.92 Å². The van der Waals surface area contributed by atoms with E-state index >= 15 is 0 Å². The lowest BCUT2D eigenvalue weighted by molar-refractivity contribution is -0.677. The highest BCUT2D eigenvalue weighted by Crippen LogP contribution is 2.12. The average Bonchev–Trinajstić information content (AvgIpc) is 2.69. The largest absolute Gasteiger partial charge is 1.00 e. The van der Waals surface area contributed by atoms with Crippen LogP contribution in [0.2, 0.25) is 0 Å². The fourth-order valence-electron chi connectivity index (χ4n) is 1.95. The predicted octanol–water partition coefficient (Wildman–Crippen LogP) is -2.12. The van der Waals surface area contributed by atoms with E-state index in [9.17, 15) is 13.2 Å². The molecule has 0 radical (unpaired) electrons. The minimum Gasteiger partial charge on any atom is -1.00 e. The minimum absolute atomic E-state index is 0. The van der Waals surface area contributed by atoms with E-state index in [0.717, 1.165) is 12.1 Å². The number of carbonyl (C=O) groups excluding carboxylic acids is 1. The van der Waals surface area contributed by atoms with E-state index in [0.29, 0.717) is 11.3 Å². The van der Waals surface area contributed by atoms with E-state index in [2.05, 4.69) is 4.72 Å². The number of halogens is 1. The van der Waals surface area contributed by atoms with Gasteiger partial charge in [-0.3, -0.25) is 9.52 Å². The molecule has 2 rings (SSSR count). The summed E-state index contributed by atoms with van der Waals surface area (Å²) in [5.41, 5.74) is 0.988. The second-order valence-electron chi connectivity index (χ2n) is 4.96. The summed E-state index contributed by atoms with van der Waals surface area (Å²) >= 11 is 0. The van der Waals surface area contributed by atoms with Crippen molar-refractivity contribution in [1.29, 1.82) is 0 Å². The fraction of sp³-hybridized carbons (Fsp3) is 0.286. The van der Waals surface area contributed by atoms with Crippen LogP contribution in [0.25, 0.3) is 0 Å². The average molecular weight is 344 g/mol. The zero-order chi connectivity index (χ0) is 15.6. The number of rotatable bonds is 5. The topological polar surface area (TPSA) is 72.0 Å². The Kier molecular flexibility index (Phi) is 5.73. The van der Waals surface area contributed by atoms with Gasteiger partial charge >= 0.3 is 0 Å². The second-order valence-corrected chi connectivity index (χ2v) is 6.71. The fourth-order valence-corrected chi connectivity index (χ4v) is 2.51. The van der Waals surface area contributed by atoms with E-state index in [1.165, 1.54) is 0 Å². The van der Waals surface area contributed by atoms with E-state index in [4.69, 9.17) is 0 Å². The number of hydrogen-bond acceptors (Lipinski definition) is 3. The molecule has 120 valence electrons. The van der Waals surface area contributed by atoms with Gasteiger partial charge < -0.3 is 12.4 Å². The summed E-state index contributed by atoms with van der Waals surface area (Å²) in [6.07, 6.45) is 4.83. The third-order valence-corrected chi connectivity index (χ3v) is 3.83. The molecule has 0 aliphatic rings. The normalized spacial score (nSPS) is 10.9. The molecule has 8 heteroatoms. The van der Waals surface area contributed by atoms with Gasteiger partial charge in [-0.25, -0.2) is 17.6 Å². The van der Waals surface area contributed by atoms with Crippen molar-refractivity contribution in [2.24, 2.45) is 7.05 Å². The molecular weight excluding hydrogens is 326 g/mol. The lowest BCUT2D eigenvalue weighted by atomic mass is 10.1. The molecule has 0 atom stereocenters. The van der Waals surface area contributed by atoms with E-state index in [1.54, 1.807) is 24.3 Å². The maximum absolute atomic E-state index is 12.2. The van der Waals surface area contributed by atoms with E-state index < -0.39 is 10.0 Å². The van der Waals surface area contributed by atoms with Gasteiger partial charge in [0, 0.05) is 18.2 Å². The molecule has 1 aromatic heterocycles. The number of nitrogens with zero attached hydrogens (tertiary/aromatic N) is 2. The summed E-state index contributed by atoms with van der Waals surface area (Å²) < 4.78 is 28.4. The van der Waals surface area contributed by atoms with Gasteiger partial charge in [0.1, 0.15) is 12.4 Å². The number of aryl methyl sites for hydroxylation is 1. The van der Waals surface area contributed by atoms with Gasteiger partial charge in [-0.1, -0.05) is 0 Å². The van der Waals surface area contributed by atoms with Gasteiger partial charge in [-0.05, 0) is 24.3 Å². The molecule has 1 heterocycles. The number of sulfonamides is 1. The summed E-state index contributed by atoms with van der Waals surface area (Å²) in [5, 5.41) is 0. The van der Waals surface area contributed by atoms with Crippen molar-refractivity contribution >= 4 is 21.5 Å². The molecule has 1 N–H and O–H groups in total. The Morgan fingerprint density at radius 3 is 2.32 bits per heavy atom. The Bertz CT molecular complexity index is 767. The SMILES string of the molecule is Cc1n(CC(=O)c2ccc(NS(C)(=O)=O)cc2)cc[n+]1C.[Cl-]. The van der Waals surface area contributed by atoms with Crippen molar-refractivity contribution in [3.63, 3.8) is 0 Å². The molecule has 0 saturated carbocycles. The van der Waals surface area contributed by atoms with E-state index in [-0.39, 0.29) is 24.7 Å². The molecule has 0 spiro atoms. The first-order valence-corrected chi connectivity index (χ1v) is 8.28. The van der Waals surface area contributed by atoms with Crippen LogP contribution in [0.5, 0.6) is 0 Å². The standard InChI is InChI=1S/C14H17N3O3S.ClH/c1-11-16(2)8-9-17(11)10-14(18)12-4-6-13(7-5-12)15-21(3,19)20;/h4-9H,10H2,1-3H3;1H. The zero-order valence-electron chi connectivity index (χ0n) is 12.6. The van der Waals surface area contributed by atoms with Crippen molar-refractivity contribution in [3.05, 3.63) is 48.0 Å². The number of aromatic nitrogens is 2. The zero-order valence-corrected chi connectivity index (χ0v) is 14.1. The van der Waals surface area contributed by atoms with Crippen LogP contribution in [0.3, 0.4) is 0 Å². The smallest absolute Gasteiger partial charge is 0.253 e. The molecule has 0 amide bonds. The minimum atomic E-state index is -3.30. The second kappa shape index (κ2) is 6.93. The van der Waals surface area contributed by atoms with Crippen LogP contribution in [-0.2, 0) is 23.6 Å². The molecular formula is C14H18ClN3O3S. The number of Topliss-reactive ketones (excluding diaryl/α,β-unsaturated/α-hetero) is 1. The van der Waals surface area contributed by atoms with Gasteiger partial charge in [0.15, 0.2) is 6.54 Å². The number of benzene rings is 1. The van der Waals surface area contributed by atoms with Crippen molar-refractivity contribution in [3.8, 4) is 0 Å². The Labute approximate surface area is 136 Å². The van der Waals surface area contributed by atoms with Gasteiger partial charge in [0.05, 0.1) is 13.3 Å². The first kappa shape index (κ1) is 18.2. The van der Waals surface area contributed by atoms with Crippen molar-refractivity contribution < 1.29 is 30.2 Å². The Morgan fingerprint density at radius 1 is 1.27 bits per heavy atom. The molecule has 0 unspecified atom stereocenters.